The third-order valence-corrected chi connectivity index (χ3v) is 5.05. The highest BCUT2D eigenvalue weighted by atomic mass is 16.5. The summed E-state index contributed by atoms with van der Waals surface area (Å²) in [6.45, 7) is 3.61. The van der Waals surface area contributed by atoms with Gasteiger partial charge < -0.3 is 25.8 Å². The molecule has 0 aliphatic carbocycles. The Kier molecular flexibility index (Phi) is 6.11. The molecule has 0 saturated carbocycles. The Morgan fingerprint density at radius 2 is 2.15 bits per heavy atom. The van der Waals surface area contributed by atoms with E-state index in [1.807, 2.05) is 19.1 Å². The molecule has 0 bridgehead atoms. The van der Waals surface area contributed by atoms with Crippen LogP contribution in [0.1, 0.15) is 35.7 Å². The van der Waals surface area contributed by atoms with Crippen LogP contribution in [0.2, 0.25) is 0 Å². The minimum absolute atomic E-state index is 0.0828. The third-order valence-electron chi connectivity index (χ3n) is 5.05. The number of hydrogen-bond donors (Lipinski definition) is 4. The van der Waals surface area contributed by atoms with Crippen molar-refractivity contribution in [2.24, 2.45) is 5.92 Å². The van der Waals surface area contributed by atoms with Crippen LogP contribution in [0.25, 0.3) is 0 Å². The summed E-state index contributed by atoms with van der Waals surface area (Å²) >= 11 is 0. The van der Waals surface area contributed by atoms with Crippen LogP contribution in [-0.2, 0) is 16.0 Å². The highest BCUT2D eigenvalue weighted by Crippen LogP contribution is 2.26. The molecule has 3 rings (SSSR count). The highest BCUT2D eigenvalue weighted by molar-refractivity contribution is 6.00. The molecular weight excluding hydrogens is 334 g/mol. The molecule has 1 fully saturated rings. The van der Waals surface area contributed by atoms with Crippen LogP contribution >= 0.6 is 0 Å². The molecular formula is C19H27N3O4. The van der Waals surface area contributed by atoms with E-state index >= 15 is 0 Å². The Bertz CT molecular complexity index is 664. The lowest BCUT2D eigenvalue weighted by atomic mass is 9.94. The Morgan fingerprint density at radius 1 is 1.35 bits per heavy atom. The van der Waals surface area contributed by atoms with Crippen LogP contribution in [0, 0.1) is 5.92 Å². The zero-order chi connectivity index (χ0) is 18.5. The minimum atomic E-state index is -0.840. The van der Waals surface area contributed by atoms with Gasteiger partial charge in [-0.2, -0.15) is 0 Å². The molecule has 26 heavy (non-hydrogen) atoms. The van der Waals surface area contributed by atoms with E-state index in [4.69, 9.17) is 4.74 Å². The molecule has 2 aliphatic heterocycles. The molecule has 2 amide bonds. The topological polar surface area (TPSA) is 99.7 Å². The van der Waals surface area contributed by atoms with Crippen LogP contribution in [0.4, 0.5) is 5.69 Å². The normalized spacial score (nSPS) is 22.8. The van der Waals surface area contributed by atoms with Crippen molar-refractivity contribution >= 4 is 17.5 Å². The number of ether oxygens (including phenoxy) is 1. The maximum Gasteiger partial charge on any atom is 0.253 e. The van der Waals surface area contributed by atoms with E-state index in [1.54, 1.807) is 6.07 Å². The largest absolute Gasteiger partial charge is 0.389 e. The van der Waals surface area contributed by atoms with E-state index in [2.05, 4.69) is 16.0 Å². The monoisotopic (exact) mass is 361 g/mol. The van der Waals surface area contributed by atoms with Gasteiger partial charge in [0.2, 0.25) is 5.91 Å². The van der Waals surface area contributed by atoms with Gasteiger partial charge >= 0.3 is 0 Å². The number of amides is 2. The molecule has 7 heteroatoms. The second-order valence-electron chi connectivity index (χ2n) is 6.95. The molecule has 1 aromatic rings. The quantitative estimate of drug-likeness (QED) is 0.597. The summed E-state index contributed by atoms with van der Waals surface area (Å²) in [5, 5.41) is 18.8. The summed E-state index contributed by atoms with van der Waals surface area (Å²) in [6.07, 6.45) is 1.64. The number of hydrogen-bond acceptors (Lipinski definition) is 5. The second kappa shape index (κ2) is 8.51. The SMILES string of the molecule is CC1OCCCC1C(=O)NCC(O)CNC(=O)c1cccc2c1NCC2. The highest BCUT2D eigenvalue weighted by Gasteiger charge is 2.28. The van der Waals surface area contributed by atoms with Crippen molar-refractivity contribution in [3.05, 3.63) is 29.3 Å². The van der Waals surface area contributed by atoms with Crippen molar-refractivity contribution in [1.82, 2.24) is 10.6 Å². The van der Waals surface area contributed by atoms with Gasteiger partial charge in [0.15, 0.2) is 0 Å². The number of carbonyl (C=O) groups is 2. The number of anilines is 1. The fraction of sp³-hybridized carbons (Fsp3) is 0.579. The fourth-order valence-electron chi connectivity index (χ4n) is 3.52. The lowest BCUT2D eigenvalue weighted by Gasteiger charge is -2.28. The number of benzene rings is 1. The van der Waals surface area contributed by atoms with Gasteiger partial charge in [-0.15, -0.1) is 0 Å². The van der Waals surface area contributed by atoms with Crippen molar-refractivity contribution in [3.63, 3.8) is 0 Å². The first-order valence-electron chi connectivity index (χ1n) is 9.27. The maximum absolute atomic E-state index is 12.4. The standard InChI is InChI=1S/C19H27N3O4/c1-12-15(6-3-9-26-12)18(24)21-10-14(23)11-22-19(25)16-5-2-4-13-7-8-20-17(13)16/h2,4-5,12,14-15,20,23H,3,6-11H2,1H3,(H,21,24)(H,22,25). The van der Waals surface area contributed by atoms with Crippen LogP contribution in [0.3, 0.4) is 0 Å². The summed E-state index contributed by atoms with van der Waals surface area (Å²) in [5.41, 5.74) is 2.60. The average Bonchev–Trinajstić information content (AvgIpc) is 3.13. The van der Waals surface area contributed by atoms with E-state index in [0.717, 1.165) is 37.1 Å². The number of carbonyl (C=O) groups excluding carboxylic acids is 2. The molecule has 0 radical (unpaired) electrons. The Labute approximate surface area is 153 Å². The summed E-state index contributed by atoms with van der Waals surface area (Å²) < 4.78 is 5.50. The number of nitrogens with one attached hydrogen (secondary N) is 3. The third kappa shape index (κ3) is 4.34. The molecule has 1 saturated heterocycles. The number of aliphatic hydroxyl groups excluding tert-OH is 1. The van der Waals surface area contributed by atoms with Gasteiger partial charge in [0, 0.05) is 26.2 Å². The number of rotatable bonds is 6. The first-order valence-corrected chi connectivity index (χ1v) is 9.27. The zero-order valence-electron chi connectivity index (χ0n) is 15.1. The van der Waals surface area contributed by atoms with E-state index < -0.39 is 6.10 Å². The van der Waals surface area contributed by atoms with Crippen LogP contribution in [-0.4, -0.2) is 55.4 Å². The van der Waals surface area contributed by atoms with Crippen LogP contribution in [0.5, 0.6) is 0 Å². The van der Waals surface area contributed by atoms with Crippen molar-refractivity contribution in [2.45, 2.75) is 38.4 Å². The van der Waals surface area contributed by atoms with Gasteiger partial charge in [0.25, 0.3) is 5.91 Å². The van der Waals surface area contributed by atoms with E-state index in [-0.39, 0.29) is 36.9 Å². The summed E-state index contributed by atoms with van der Waals surface area (Å²) in [4.78, 5) is 24.6. The van der Waals surface area contributed by atoms with Gasteiger partial charge in [-0.05, 0) is 37.8 Å². The maximum atomic E-state index is 12.4. The van der Waals surface area contributed by atoms with E-state index in [1.165, 1.54) is 0 Å². The summed E-state index contributed by atoms with van der Waals surface area (Å²) in [5.74, 6) is -0.507. The van der Waals surface area contributed by atoms with Gasteiger partial charge in [-0.3, -0.25) is 9.59 Å². The van der Waals surface area contributed by atoms with Crippen molar-refractivity contribution in [1.29, 1.82) is 0 Å². The molecule has 0 spiro atoms. The molecule has 142 valence electrons. The summed E-state index contributed by atoms with van der Waals surface area (Å²) in [6, 6.07) is 5.64. The van der Waals surface area contributed by atoms with Crippen molar-refractivity contribution in [3.8, 4) is 0 Å². The molecule has 4 N–H and O–H groups in total. The smallest absolute Gasteiger partial charge is 0.253 e. The first-order chi connectivity index (χ1) is 12.6. The van der Waals surface area contributed by atoms with Gasteiger partial charge in [-0.25, -0.2) is 0 Å². The van der Waals surface area contributed by atoms with Crippen LogP contribution in [0.15, 0.2) is 18.2 Å². The van der Waals surface area contributed by atoms with Crippen molar-refractivity contribution in [2.75, 3.05) is 31.6 Å². The lowest BCUT2D eigenvalue weighted by Crippen LogP contribution is -2.45. The molecule has 0 aromatic heterocycles. The molecule has 3 atom stereocenters. The molecule has 3 unspecified atom stereocenters. The lowest BCUT2D eigenvalue weighted by molar-refractivity contribution is -0.133. The zero-order valence-corrected chi connectivity index (χ0v) is 15.1. The number of aliphatic hydroxyl groups is 1. The molecule has 2 aliphatic rings. The number of para-hydroxylation sites is 1. The average molecular weight is 361 g/mol. The molecule has 2 heterocycles. The van der Waals surface area contributed by atoms with Gasteiger partial charge in [0.05, 0.1) is 29.4 Å². The first kappa shape index (κ1) is 18.7. The minimum Gasteiger partial charge on any atom is -0.389 e. The summed E-state index contributed by atoms with van der Waals surface area (Å²) in [7, 11) is 0. The van der Waals surface area contributed by atoms with E-state index in [0.29, 0.717) is 12.2 Å². The van der Waals surface area contributed by atoms with Gasteiger partial charge in [-0.1, -0.05) is 12.1 Å². The Morgan fingerprint density at radius 3 is 2.96 bits per heavy atom. The molecule has 1 aromatic carbocycles. The Balaban J connectivity index is 1.44. The Hall–Kier alpha value is -2.12. The van der Waals surface area contributed by atoms with E-state index in [9.17, 15) is 14.7 Å². The number of fused-ring (bicyclic) bond motifs is 1. The second-order valence-corrected chi connectivity index (χ2v) is 6.95. The predicted octanol–water partition coefficient (Wildman–Crippen LogP) is 0.677. The molecule has 7 nitrogen and oxygen atoms in total. The predicted molar refractivity (Wildman–Crippen MR) is 98.1 cm³/mol. The van der Waals surface area contributed by atoms with Crippen LogP contribution < -0.4 is 16.0 Å². The van der Waals surface area contributed by atoms with Gasteiger partial charge in [0.1, 0.15) is 0 Å². The van der Waals surface area contributed by atoms with Crippen molar-refractivity contribution < 1.29 is 19.4 Å². The fourth-order valence-corrected chi connectivity index (χ4v) is 3.52.